The summed E-state index contributed by atoms with van der Waals surface area (Å²) in [5, 5.41) is 0.751. The summed E-state index contributed by atoms with van der Waals surface area (Å²) in [5.41, 5.74) is 1.07. The van der Waals surface area contributed by atoms with E-state index in [1.165, 1.54) is 0 Å². The fourth-order valence-corrected chi connectivity index (χ4v) is 1.04. The van der Waals surface area contributed by atoms with Crippen molar-refractivity contribution < 1.29 is 0 Å². The molecule has 1 aromatic rings. The molecule has 0 radical (unpaired) electrons. The van der Waals surface area contributed by atoms with Gasteiger partial charge < -0.3 is 4.90 Å². The van der Waals surface area contributed by atoms with Crippen LogP contribution in [0.4, 0.5) is 5.69 Å². The monoisotopic (exact) mass is 182 g/mol. The maximum absolute atomic E-state index is 5.74. The SMILES string of the molecule is CN=CN(C)c1ccc(Cl)cc1. The van der Waals surface area contributed by atoms with Gasteiger partial charge in [0, 0.05) is 24.8 Å². The Bertz CT molecular complexity index is 266. The topological polar surface area (TPSA) is 15.6 Å². The molecule has 0 aliphatic carbocycles. The molecule has 0 aliphatic heterocycles. The van der Waals surface area contributed by atoms with Gasteiger partial charge in [0.15, 0.2) is 0 Å². The first-order valence-electron chi connectivity index (χ1n) is 3.64. The summed E-state index contributed by atoms with van der Waals surface area (Å²) >= 11 is 5.74. The molecule has 0 saturated carbocycles. The average Bonchev–Trinajstić information content (AvgIpc) is 2.06. The number of rotatable bonds is 2. The van der Waals surface area contributed by atoms with Gasteiger partial charge in [-0.1, -0.05) is 11.6 Å². The molecule has 3 heteroatoms. The lowest BCUT2D eigenvalue weighted by Gasteiger charge is -2.12. The van der Waals surface area contributed by atoms with Crippen LogP contribution >= 0.6 is 11.6 Å². The summed E-state index contributed by atoms with van der Waals surface area (Å²) in [7, 11) is 3.68. The molecule has 1 rings (SSSR count). The lowest BCUT2D eigenvalue weighted by atomic mass is 10.3. The number of hydrogen-bond donors (Lipinski definition) is 0. The van der Waals surface area contributed by atoms with Crippen LogP contribution < -0.4 is 4.90 Å². The first kappa shape index (κ1) is 9.07. The van der Waals surface area contributed by atoms with Crippen LogP contribution in [0.3, 0.4) is 0 Å². The van der Waals surface area contributed by atoms with Crippen molar-refractivity contribution in [1.29, 1.82) is 0 Å². The van der Waals surface area contributed by atoms with E-state index in [-0.39, 0.29) is 0 Å². The van der Waals surface area contributed by atoms with Crippen molar-refractivity contribution in [2.45, 2.75) is 0 Å². The molecule has 2 nitrogen and oxygen atoms in total. The Morgan fingerprint density at radius 1 is 1.33 bits per heavy atom. The Balaban J connectivity index is 2.82. The molecule has 0 spiro atoms. The van der Waals surface area contributed by atoms with Crippen LogP contribution in [0.15, 0.2) is 29.3 Å². The van der Waals surface area contributed by atoms with Crippen LogP contribution in [0.5, 0.6) is 0 Å². The minimum Gasteiger partial charge on any atom is -0.336 e. The van der Waals surface area contributed by atoms with Crippen molar-refractivity contribution in [3.8, 4) is 0 Å². The minimum atomic E-state index is 0.751. The Morgan fingerprint density at radius 2 is 1.92 bits per heavy atom. The largest absolute Gasteiger partial charge is 0.336 e. The summed E-state index contributed by atoms with van der Waals surface area (Å²) in [6.45, 7) is 0. The first-order chi connectivity index (χ1) is 5.74. The molecule has 0 N–H and O–H groups in total. The third-order valence-corrected chi connectivity index (χ3v) is 1.77. The molecule has 0 aliphatic rings. The number of nitrogens with zero attached hydrogens (tertiary/aromatic N) is 2. The van der Waals surface area contributed by atoms with Crippen LogP contribution in [0, 0.1) is 0 Å². The highest BCUT2D eigenvalue weighted by molar-refractivity contribution is 6.30. The Labute approximate surface area is 77.5 Å². The fourth-order valence-electron chi connectivity index (χ4n) is 0.916. The zero-order valence-corrected chi connectivity index (χ0v) is 7.92. The van der Waals surface area contributed by atoms with Crippen molar-refractivity contribution in [2.24, 2.45) is 4.99 Å². The third-order valence-electron chi connectivity index (χ3n) is 1.52. The van der Waals surface area contributed by atoms with Gasteiger partial charge in [-0.05, 0) is 24.3 Å². The van der Waals surface area contributed by atoms with Crippen LogP contribution in [0.25, 0.3) is 0 Å². The van der Waals surface area contributed by atoms with E-state index in [0.29, 0.717) is 0 Å². The van der Waals surface area contributed by atoms with Crippen LogP contribution in [0.1, 0.15) is 0 Å². The average molecular weight is 183 g/mol. The highest BCUT2D eigenvalue weighted by Gasteiger charge is 1.95. The molecular formula is C9H11ClN2. The molecule has 12 heavy (non-hydrogen) atoms. The van der Waals surface area contributed by atoms with Crippen molar-refractivity contribution >= 4 is 23.6 Å². The van der Waals surface area contributed by atoms with Gasteiger partial charge >= 0.3 is 0 Å². The smallest absolute Gasteiger partial charge is 0.0888 e. The van der Waals surface area contributed by atoms with Gasteiger partial charge in [-0.3, -0.25) is 4.99 Å². The lowest BCUT2D eigenvalue weighted by Crippen LogP contribution is -2.13. The highest BCUT2D eigenvalue weighted by atomic mass is 35.5. The molecule has 0 atom stereocenters. The van der Waals surface area contributed by atoms with E-state index in [0.717, 1.165) is 10.7 Å². The number of anilines is 1. The van der Waals surface area contributed by atoms with Crippen molar-refractivity contribution in [3.05, 3.63) is 29.3 Å². The number of aliphatic imine (C=N–C) groups is 1. The molecule has 0 unspecified atom stereocenters. The normalized spacial score (nSPS) is 10.6. The Hall–Kier alpha value is -1.02. The summed E-state index contributed by atoms with van der Waals surface area (Å²) in [6, 6.07) is 7.61. The summed E-state index contributed by atoms with van der Waals surface area (Å²) in [4.78, 5) is 5.83. The summed E-state index contributed by atoms with van der Waals surface area (Å²) in [5.74, 6) is 0. The third kappa shape index (κ3) is 2.24. The van der Waals surface area contributed by atoms with Crippen LogP contribution in [0.2, 0.25) is 5.02 Å². The quantitative estimate of drug-likeness (QED) is 0.507. The van der Waals surface area contributed by atoms with Crippen molar-refractivity contribution in [2.75, 3.05) is 19.0 Å². The van der Waals surface area contributed by atoms with E-state index in [9.17, 15) is 0 Å². The molecule has 0 aromatic heterocycles. The van der Waals surface area contributed by atoms with Gasteiger partial charge in [0.2, 0.25) is 0 Å². The zero-order chi connectivity index (χ0) is 8.97. The number of halogens is 1. The molecule has 0 fully saturated rings. The van der Waals surface area contributed by atoms with E-state index in [4.69, 9.17) is 11.6 Å². The second-order valence-electron chi connectivity index (χ2n) is 2.46. The molecule has 64 valence electrons. The highest BCUT2D eigenvalue weighted by Crippen LogP contribution is 2.15. The van der Waals surface area contributed by atoms with Gasteiger partial charge in [-0.25, -0.2) is 0 Å². The fraction of sp³-hybridized carbons (Fsp3) is 0.222. The maximum Gasteiger partial charge on any atom is 0.0888 e. The number of hydrogen-bond acceptors (Lipinski definition) is 1. The Kier molecular flexibility index (Phi) is 3.11. The van der Waals surface area contributed by atoms with E-state index in [1.54, 1.807) is 13.4 Å². The van der Waals surface area contributed by atoms with E-state index in [2.05, 4.69) is 4.99 Å². The second kappa shape index (κ2) is 4.12. The van der Waals surface area contributed by atoms with Crippen LogP contribution in [-0.4, -0.2) is 20.4 Å². The Morgan fingerprint density at radius 3 is 2.42 bits per heavy atom. The van der Waals surface area contributed by atoms with Gasteiger partial charge in [-0.2, -0.15) is 0 Å². The number of benzene rings is 1. The molecule has 0 saturated heterocycles. The second-order valence-corrected chi connectivity index (χ2v) is 2.90. The van der Waals surface area contributed by atoms with Gasteiger partial charge in [0.25, 0.3) is 0 Å². The zero-order valence-electron chi connectivity index (χ0n) is 7.16. The van der Waals surface area contributed by atoms with Crippen molar-refractivity contribution in [1.82, 2.24) is 0 Å². The molecule has 1 aromatic carbocycles. The first-order valence-corrected chi connectivity index (χ1v) is 4.02. The van der Waals surface area contributed by atoms with Crippen molar-refractivity contribution in [3.63, 3.8) is 0 Å². The van der Waals surface area contributed by atoms with Crippen LogP contribution in [-0.2, 0) is 0 Å². The summed E-state index contributed by atoms with van der Waals surface area (Å²) < 4.78 is 0. The predicted molar refractivity (Wildman–Crippen MR) is 54.3 cm³/mol. The standard InChI is InChI=1S/C9H11ClN2/c1-11-7-12(2)9-5-3-8(10)4-6-9/h3-7H,1-2H3. The molecule has 0 heterocycles. The van der Waals surface area contributed by atoms with E-state index >= 15 is 0 Å². The predicted octanol–water partition coefficient (Wildman–Crippen LogP) is 2.43. The van der Waals surface area contributed by atoms with Gasteiger partial charge in [-0.15, -0.1) is 0 Å². The summed E-state index contributed by atoms with van der Waals surface area (Å²) in [6.07, 6.45) is 1.75. The molecular weight excluding hydrogens is 172 g/mol. The maximum atomic E-state index is 5.74. The minimum absolute atomic E-state index is 0.751. The molecule has 0 amide bonds. The van der Waals surface area contributed by atoms with E-state index < -0.39 is 0 Å². The molecule has 0 bridgehead atoms. The lowest BCUT2D eigenvalue weighted by molar-refractivity contribution is 1.27. The van der Waals surface area contributed by atoms with Gasteiger partial charge in [0.1, 0.15) is 0 Å². The van der Waals surface area contributed by atoms with Gasteiger partial charge in [0.05, 0.1) is 6.34 Å². The van der Waals surface area contributed by atoms with E-state index in [1.807, 2.05) is 36.2 Å².